The van der Waals surface area contributed by atoms with Crippen LogP contribution < -0.4 is 21.4 Å². The molecule has 4 N–H and O–H groups in total. The number of aromatic nitrogens is 1. The summed E-state index contributed by atoms with van der Waals surface area (Å²) in [6, 6.07) is 6.95. The van der Waals surface area contributed by atoms with Crippen LogP contribution in [0, 0.1) is 0 Å². The molecule has 0 aliphatic rings. The van der Waals surface area contributed by atoms with Crippen molar-refractivity contribution in [2.75, 3.05) is 13.1 Å². The van der Waals surface area contributed by atoms with Crippen molar-refractivity contribution in [1.29, 1.82) is 0 Å². The van der Waals surface area contributed by atoms with Crippen molar-refractivity contribution >= 4 is 28.6 Å². The van der Waals surface area contributed by atoms with E-state index in [1.54, 1.807) is 24.3 Å². The van der Waals surface area contributed by atoms with Crippen molar-refractivity contribution < 1.29 is 14.4 Å². The summed E-state index contributed by atoms with van der Waals surface area (Å²) in [4.78, 5) is 50.8. The number of hydrogen-bond donors (Lipinski definition) is 4. The Kier molecular flexibility index (Phi) is 7.10. The van der Waals surface area contributed by atoms with Gasteiger partial charge in [-0.1, -0.05) is 19.1 Å². The van der Waals surface area contributed by atoms with E-state index in [0.29, 0.717) is 10.9 Å². The van der Waals surface area contributed by atoms with Gasteiger partial charge in [0, 0.05) is 36.1 Å². The van der Waals surface area contributed by atoms with Gasteiger partial charge < -0.3 is 20.9 Å². The van der Waals surface area contributed by atoms with Gasteiger partial charge in [-0.05, 0) is 25.5 Å². The lowest BCUT2D eigenvalue weighted by molar-refractivity contribution is -0.122. The summed E-state index contributed by atoms with van der Waals surface area (Å²) in [5, 5.41) is 8.17. The van der Waals surface area contributed by atoms with Gasteiger partial charge in [0.05, 0.1) is 6.54 Å². The Morgan fingerprint density at radius 3 is 2.59 bits per heavy atom. The third-order valence-electron chi connectivity index (χ3n) is 4.14. The molecule has 0 aliphatic heterocycles. The lowest BCUT2D eigenvalue weighted by Gasteiger charge is -2.11. The molecule has 0 saturated heterocycles. The summed E-state index contributed by atoms with van der Waals surface area (Å²) in [6.45, 7) is 3.77. The molecular weight excluding hydrogens is 348 g/mol. The Morgan fingerprint density at radius 2 is 1.85 bits per heavy atom. The van der Waals surface area contributed by atoms with Crippen molar-refractivity contribution in [3.05, 3.63) is 46.2 Å². The zero-order valence-electron chi connectivity index (χ0n) is 15.4. The zero-order chi connectivity index (χ0) is 19.8. The highest BCUT2D eigenvalue weighted by Gasteiger charge is 2.14. The predicted octanol–water partition coefficient (Wildman–Crippen LogP) is 0.679. The van der Waals surface area contributed by atoms with Crippen LogP contribution in [0.4, 0.5) is 0 Å². The minimum Gasteiger partial charge on any atom is -0.360 e. The van der Waals surface area contributed by atoms with Crippen molar-refractivity contribution in [2.24, 2.45) is 0 Å². The quantitative estimate of drug-likeness (QED) is 0.544. The molecule has 8 heteroatoms. The Labute approximate surface area is 156 Å². The molecule has 3 amide bonds. The number of carbonyl (C=O) groups excluding carboxylic acids is 3. The van der Waals surface area contributed by atoms with E-state index in [2.05, 4.69) is 20.9 Å². The Balaban J connectivity index is 1.82. The van der Waals surface area contributed by atoms with Crippen LogP contribution >= 0.6 is 0 Å². The first-order chi connectivity index (χ1) is 12.9. The summed E-state index contributed by atoms with van der Waals surface area (Å²) in [6.07, 6.45) is 2.32. The fourth-order valence-electron chi connectivity index (χ4n) is 2.42. The van der Waals surface area contributed by atoms with Gasteiger partial charge >= 0.3 is 0 Å². The fourth-order valence-corrected chi connectivity index (χ4v) is 2.42. The Morgan fingerprint density at radius 1 is 1.11 bits per heavy atom. The predicted molar refractivity (Wildman–Crippen MR) is 102 cm³/mol. The highest BCUT2D eigenvalue weighted by Crippen LogP contribution is 2.06. The maximum Gasteiger partial charge on any atom is 0.257 e. The van der Waals surface area contributed by atoms with Crippen LogP contribution in [0.15, 0.2) is 35.3 Å². The first-order valence-corrected chi connectivity index (χ1v) is 8.87. The number of H-pyrrole nitrogens is 1. The third-order valence-corrected chi connectivity index (χ3v) is 4.14. The van der Waals surface area contributed by atoms with Crippen LogP contribution in [0.2, 0.25) is 0 Å². The molecule has 0 aliphatic carbocycles. The van der Waals surface area contributed by atoms with Gasteiger partial charge in [-0.15, -0.1) is 0 Å². The smallest absolute Gasteiger partial charge is 0.257 e. The van der Waals surface area contributed by atoms with E-state index in [1.165, 1.54) is 6.20 Å². The molecule has 2 rings (SSSR count). The Hall–Kier alpha value is -3.16. The highest BCUT2D eigenvalue weighted by atomic mass is 16.2. The Bertz CT molecular complexity index is 891. The van der Waals surface area contributed by atoms with Gasteiger partial charge in [-0.2, -0.15) is 0 Å². The van der Waals surface area contributed by atoms with Gasteiger partial charge in [-0.25, -0.2) is 0 Å². The van der Waals surface area contributed by atoms with Crippen LogP contribution in [0.3, 0.4) is 0 Å². The number of fused-ring (bicyclic) bond motifs is 1. The van der Waals surface area contributed by atoms with Crippen LogP contribution in [0.25, 0.3) is 10.9 Å². The minimum absolute atomic E-state index is 0.0607. The standard InChI is InChI=1S/C19H24N4O4/c1-3-12(2)23-16(24)8-9-20-17(25)11-22-19(27)14-10-21-15-7-5-4-6-13(15)18(14)26/h4-7,10,12H,3,8-9,11H2,1-2H3,(H,20,25)(H,21,26)(H,22,27)(H,23,24). The van der Waals surface area contributed by atoms with Gasteiger partial charge in [0.1, 0.15) is 5.56 Å². The number of carbonyl (C=O) groups is 3. The zero-order valence-corrected chi connectivity index (χ0v) is 15.4. The van der Waals surface area contributed by atoms with E-state index in [1.807, 2.05) is 13.8 Å². The van der Waals surface area contributed by atoms with Gasteiger partial charge in [0.15, 0.2) is 0 Å². The first-order valence-electron chi connectivity index (χ1n) is 8.87. The molecule has 1 aromatic carbocycles. The second-order valence-corrected chi connectivity index (χ2v) is 6.24. The number of hydrogen-bond acceptors (Lipinski definition) is 4. The number of pyridine rings is 1. The van der Waals surface area contributed by atoms with Crippen LogP contribution in [-0.4, -0.2) is 41.8 Å². The van der Waals surface area contributed by atoms with Crippen LogP contribution in [-0.2, 0) is 9.59 Å². The molecule has 1 atom stereocenters. The van der Waals surface area contributed by atoms with Crippen molar-refractivity contribution in [3.63, 3.8) is 0 Å². The first kappa shape index (κ1) is 20.2. The number of benzene rings is 1. The maximum atomic E-state index is 12.3. The molecule has 0 fully saturated rings. The van der Waals surface area contributed by atoms with Gasteiger partial charge in [-0.3, -0.25) is 19.2 Å². The molecule has 1 unspecified atom stereocenters. The monoisotopic (exact) mass is 372 g/mol. The van der Waals surface area contributed by atoms with Crippen molar-refractivity contribution in [1.82, 2.24) is 20.9 Å². The second kappa shape index (κ2) is 9.51. The highest BCUT2D eigenvalue weighted by molar-refractivity contribution is 5.98. The molecule has 2 aromatic rings. The van der Waals surface area contributed by atoms with E-state index >= 15 is 0 Å². The van der Waals surface area contributed by atoms with Crippen LogP contribution in [0.5, 0.6) is 0 Å². The topological polar surface area (TPSA) is 120 Å². The number of amides is 3. The largest absolute Gasteiger partial charge is 0.360 e. The summed E-state index contributed by atoms with van der Waals surface area (Å²) >= 11 is 0. The van der Waals surface area contributed by atoms with Crippen LogP contribution in [0.1, 0.15) is 37.0 Å². The van der Waals surface area contributed by atoms with E-state index < -0.39 is 17.2 Å². The summed E-state index contributed by atoms with van der Waals surface area (Å²) < 4.78 is 0. The molecule has 144 valence electrons. The lowest BCUT2D eigenvalue weighted by atomic mass is 10.1. The number of rotatable bonds is 8. The normalized spacial score (nSPS) is 11.6. The number of para-hydroxylation sites is 1. The van der Waals surface area contributed by atoms with Crippen molar-refractivity contribution in [3.8, 4) is 0 Å². The lowest BCUT2D eigenvalue weighted by Crippen LogP contribution is -2.40. The van der Waals surface area contributed by atoms with Crippen molar-refractivity contribution in [2.45, 2.75) is 32.7 Å². The SMILES string of the molecule is CCC(C)NC(=O)CCNC(=O)CNC(=O)c1c[nH]c2ccccc2c1=O. The molecule has 0 saturated carbocycles. The fraction of sp³-hybridized carbons (Fsp3) is 0.368. The molecule has 0 spiro atoms. The van der Waals surface area contributed by atoms with E-state index in [4.69, 9.17) is 0 Å². The summed E-state index contributed by atoms with van der Waals surface area (Å²) in [5.74, 6) is -1.21. The minimum atomic E-state index is -0.633. The molecular formula is C19H24N4O4. The van der Waals surface area contributed by atoms with Gasteiger partial charge in [0.2, 0.25) is 17.2 Å². The summed E-state index contributed by atoms with van der Waals surface area (Å²) in [7, 11) is 0. The molecule has 1 heterocycles. The number of aromatic amines is 1. The average Bonchev–Trinajstić information content (AvgIpc) is 2.66. The second-order valence-electron chi connectivity index (χ2n) is 6.24. The molecule has 1 aromatic heterocycles. The molecule has 8 nitrogen and oxygen atoms in total. The van der Waals surface area contributed by atoms with Gasteiger partial charge in [0.25, 0.3) is 5.91 Å². The summed E-state index contributed by atoms with van der Waals surface area (Å²) in [5.41, 5.74) is 0.172. The van der Waals surface area contributed by atoms with E-state index in [9.17, 15) is 19.2 Å². The third kappa shape index (κ3) is 5.67. The molecule has 0 bridgehead atoms. The van der Waals surface area contributed by atoms with E-state index in [0.717, 1.165) is 6.42 Å². The maximum absolute atomic E-state index is 12.3. The number of nitrogens with one attached hydrogen (secondary N) is 4. The molecule has 27 heavy (non-hydrogen) atoms. The molecule has 0 radical (unpaired) electrons. The average molecular weight is 372 g/mol. The van der Waals surface area contributed by atoms with E-state index in [-0.39, 0.29) is 37.0 Å².